The van der Waals surface area contributed by atoms with Crippen molar-refractivity contribution in [2.75, 3.05) is 0 Å². The molecule has 304 valence electrons. The second-order valence-corrected chi connectivity index (χ2v) is 17.7. The molecule has 0 fully saturated rings. The van der Waals surface area contributed by atoms with E-state index in [-0.39, 0.29) is 41.2 Å². The van der Waals surface area contributed by atoms with Gasteiger partial charge in [0.1, 0.15) is 0 Å². The summed E-state index contributed by atoms with van der Waals surface area (Å²) < 4.78 is 87.5. The van der Waals surface area contributed by atoms with Gasteiger partial charge in [-0.15, -0.1) is 0 Å². The van der Waals surface area contributed by atoms with E-state index in [1.807, 2.05) is 36.4 Å². The molecule has 0 nitrogen and oxygen atoms in total. The number of hydrogen-bond acceptors (Lipinski definition) is 0. The van der Waals surface area contributed by atoms with Crippen LogP contribution in [0.3, 0.4) is 0 Å². The van der Waals surface area contributed by atoms with Crippen molar-refractivity contribution in [3.05, 3.63) is 217 Å². The Balaban J connectivity index is 1.20. The van der Waals surface area contributed by atoms with Crippen LogP contribution in [0.5, 0.6) is 0 Å². The van der Waals surface area contributed by atoms with Gasteiger partial charge in [-0.2, -0.15) is 0 Å². The molecular weight excluding hydrogens is 769 g/mol. The van der Waals surface area contributed by atoms with Crippen molar-refractivity contribution in [2.45, 2.75) is 39.5 Å². The quantitative estimate of drug-likeness (QED) is 0.111. The molecule has 0 heteroatoms. The summed E-state index contributed by atoms with van der Waals surface area (Å²) >= 11 is 0. The van der Waals surface area contributed by atoms with Crippen molar-refractivity contribution < 1.29 is 13.7 Å². The normalized spacial score (nSPS) is 14.2. The topological polar surface area (TPSA) is 0 Å². The van der Waals surface area contributed by atoms with Crippen LogP contribution in [-0.4, -0.2) is 0 Å². The molecule has 0 spiro atoms. The van der Waals surface area contributed by atoms with E-state index in [1.165, 1.54) is 16.3 Å². The molecule has 12 aromatic carbocycles. The first-order valence-corrected chi connectivity index (χ1v) is 22.1. The summed E-state index contributed by atoms with van der Waals surface area (Å²) in [5, 5.41) is 12.1. The van der Waals surface area contributed by atoms with Crippen LogP contribution in [0.15, 0.2) is 206 Å². The minimum absolute atomic E-state index is 0.0975. The van der Waals surface area contributed by atoms with Gasteiger partial charge in [0.2, 0.25) is 0 Å². The first kappa shape index (κ1) is 28.9. The third-order valence-corrected chi connectivity index (χ3v) is 13.3. The van der Waals surface area contributed by atoms with Gasteiger partial charge < -0.3 is 0 Å². The molecule has 0 aliphatic carbocycles. The maximum Gasteiger partial charge on any atom is 0.0629 e. The van der Waals surface area contributed by atoms with Crippen LogP contribution in [0, 0.1) is 0 Å². The molecule has 0 atom stereocenters. The lowest BCUT2D eigenvalue weighted by atomic mass is 9.81. The second-order valence-electron chi connectivity index (χ2n) is 17.7. The summed E-state index contributed by atoms with van der Waals surface area (Å²) in [6, 6.07) is 47.0. The maximum absolute atomic E-state index is 9.07. The molecule has 0 aliphatic rings. The number of hydrogen-bond donors (Lipinski definition) is 0. The van der Waals surface area contributed by atoms with Gasteiger partial charge in [-0.25, -0.2) is 0 Å². The Labute approximate surface area is 389 Å². The van der Waals surface area contributed by atoms with E-state index in [9.17, 15) is 0 Å². The van der Waals surface area contributed by atoms with Gasteiger partial charge in [-0.05, 0) is 161 Å². The summed E-state index contributed by atoms with van der Waals surface area (Å²) in [5.41, 5.74) is 9.31. The molecule has 0 amide bonds. The molecule has 0 heterocycles. The van der Waals surface area contributed by atoms with Crippen LogP contribution in [0.25, 0.3) is 120 Å². The highest BCUT2D eigenvalue weighted by Crippen LogP contribution is 2.50. The Morgan fingerprint density at radius 1 is 0.297 bits per heavy atom. The Morgan fingerprint density at radius 2 is 0.734 bits per heavy atom. The largest absolute Gasteiger partial charge is 0.0629 e. The maximum atomic E-state index is 9.07. The fourth-order valence-electron chi connectivity index (χ4n) is 10.0. The highest BCUT2D eigenvalue weighted by molar-refractivity contribution is 6.31. The molecule has 0 saturated carbocycles. The van der Waals surface area contributed by atoms with Crippen LogP contribution in [-0.2, 0) is 0 Å². The van der Waals surface area contributed by atoms with Crippen molar-refractivity contribution >= 4 is 64.6 Å². The lowest BCUT2D eigenvalue weighted by Crippen LogP contribution is -1.95. The van der Waals surface area contributed by atoms with Crippen LogP contribution < -0.4 is 0 Å². The summed E-state index contributed by atoms with van der Waals surface area (Å²) in [6.07, 6.45) is 0. The average molecular weight is 827 g/mol. The van der Waals surface area contributed by atoms with E-state index < -0.39 is 36.3 Å². The zero-order valence-electron chi connectivity index (χ0n) is 46.0. The lowest BCUT2D eigenvalue weighted by Gasteiger charge is -2.22. The molecule has 12 aromatic rings. The van der Waals surface area contributed by atoms with Crippen molar-refractivity contribution in [3.8, 4) is 55.6 Å². The van der Waals surface area contributed by atoms with E-state index in [1.54, 1.807) is 0 Å². The van der Waals surface area contributed by atoms with Crippen LogP contribution in [0.4, 0.5) is 0 Å². The molecule has 0 unspecified atom stereocenters. The predicted molar refractivity (Wildman–Crippen MR) is 278 cm³/mol. The SMILES string of the molecule is [2H]c1c([2H])c([2H])c(-c2ccc3c(-c4ccc5ccc6c(-c7ccc8cc(C(C)C)ccc8c7)ccc7ccc4c5c76)c4cc(-c5c([2H])c([2H])c([2H])c([2H])c5[2H])ccc4c(-c4ccc(C(C)C)cc4)c3c2)c([2H])c1[2H]. The third-order valence-electron chi connectivity index (χ3n) is 13.3. The van der Waals surface area contributed by atoms with E-state index in [0.29, 0.717) is 17.0 Å². The monoisotopic (exact) mass is 826 g/mol. The molecule has 0 radical (unpaired) electrons. The summed E-state index contributed by atoms with van der Waals surface area (Å²) in [5.74, 6) is 0.697. The van der Waals surface area contributed by atoms with E-state index >= 15 is 0 Å². The molecule has 0 saturated heterocycles. The fraction of sp³-hybridized carbons (Fsp3) is 0.0938. The van der Waals surface area contributed by atoms with Gasteiger partial charge in [0.15, 0.2) is 0 Å². The standard InChI is InChI=1S/C64H48/c1-39(2)41-15-17-44(18-16-41)61-57-33-27-51(43-13-9-6-10-14-43)38-60(57)64(58-34-28-50(37-59(58)61)42-11-7-5-8-12-42)56-32-26-46-24-30-54-53(29-23-45-25-31-55(56)63(46)62(45)54)52-22-21-48-35-47(40(3)4)19-20-49(48)36-52/h5-40H,1-4H3/i5D,6D,7D,8D,9D,10D,11D,12D,13D,14D. The van der Waals surface area contributed by atoms with Crippen molar-refractivity contribution in [1.82, 2.24) is 0 Å². The molecule has 64 heavy (non-hydrogen) atoms. The third kappa shape index (κ3) is 6.20. The number of fused-ring (bicyclic) bond motifs is 3. The number of rotatable bonds is 7. The highest BCUT2D eigenvalue weighted by atomic mass is 14.3. The molecule has 0 bridgehead atoms. The first-order valence-electron chi connectivity index (χ1n) is 27.1. The Morgan fingerprint density at radius 3 is 1.34 bits per heavy atom. The van der Waals surface area contributed by atoms with Gasteiger partial charge in [0.25, 0.3) is 0 Å². The van der Waals surface area contributed by atoms with Crippen molar-refractivity contribution in [3.63, 3.8) is 0 Å². The predicted octanol–water partition coefficient (Wildman–Crippen LogP) is 18.6. The lowest BCUT2D eigenvalue weighted by molar-refractivity contribution is 0.867. The minimum atomic E-state index is -0.462. The van der Waals surface area contributed by atoms with E-state index in [4.69, 9.17) is 13.7 Å². The van der Waals surface area contributed by atoms with Gasteiger partial charge in [-0.3, -0.25) is 0 Å². The van der Waals surface area contributed by atoms with Gasteiger partial charge in [0, 0.05) is 0 Å². The van der Waals surface area contributed by atoms with E-state index in [0.717, 1.165) is 92.8 Å². The molecule has 0 N–H and O–H groups in total. The Hall–Kier alpha value is -7.54. The van der Waals surface area contributed by atoms with Crippen molar-refractivity contribution in [2.24, 2.45) is 0 Å². The van der Waals surface area contributed by atoms with Crippen LogP contribution in [0.1, 0.15) is 64.4 Å². The van der Waals surface area contributed by atoms with Crippen molar-refractivity contribution in [1.29, 1.82) is 0 Å². The average Bonchev–Trinajstić information content (AvgIpc) is 3.45. The first-order chi connectivity index (χ1) is 35.5. The number of benzene rings is 12. The molecule has 0 aliphatic heterocycles. The van der Waals surface area contributed by atoms with Gasteiger partial charge in [-0.1, -0.05) is 216 Å². The fourth-order valence-corrected chi connectivity index (χ4v) is 10.0. The second kappa shape index (κ2) is 15.1. The molecule has 0 aromatic heterocycles. The van der Waals surface area contributed by atoms with Crippen LogP contribution in [0.2, 0.25) is 0 Å². The van der Waals surface area contributed by atoms with Gasteiger partial charge >= 0.3 is 0 Å². The molecule has 12 rings (SSSR count). The summed E-state index contributed by atoms with van der Waals surface area (Å²) in [7, 11) is 0. The Bertz CT molecular complexity index is 4300. The van der Waals surface area contributed by atoms with E-state index in [2.05, 4.69) is 137 Å². The Kier molecular flexibility index (Phi) is 6.82. The highest BCUT2D eigenvalue weighted by Gasteiger charge is 2.22. The zero-order valence-corrected chi connectivity index (χ0v) is 36.0. The minimum Gasteiger partial charge on any atom is -0.0622 e. The zero-order chi connectivity index (χ0) is 51.8. The summed E-state index contributed by atoms with van der Waals surface area (Å²) in [4.78, 5) is 0. The van der Waals surface area contributed by atoms with Gasteiger partial charge in [0.05, 0.1) is 13.7 Å². The molecular formula is C64H48. The smallest absolute Gasteiger partial charge is 0.0622 e. The summed E-state index contributed by atoms with van der Waals surface area (Å²) in [6.45, 7) is 8.71. The van der Waals surface area contributed by atoms with Crippen LogP contribution >= 0.6 is 0 Å².